The van der Waals surface area contributed by atoms with Crippen molar-refractivity contribution in [3.05, 3.63) is 76.4 Å². The average molecular weight is 354 g/mol. The van der Waals surface area contributed by atoms with Crippen molar-refractivity contribution in [2.24, 2.45) is 0 Å². The second-order valence-electron chi connectivity index (χ2n) is 6.09. The minimum absolute atomic E-state index is 0.122. The number of amides is 1. The summed E-state index contributed by atoms with van der Waals surface area (Å²) in [5.41, 5.74) is 3.10. The van der Waals surface area contributed by atoms with E-state index in [1.54, 1.807) is 13.0 Å². The molecule has 0 radical (unpaired) electrons. The highest BCUT2D eigenvalue weighted by Crippen LogP contribution is 2.23. The summed E-state index contributed by atoms with van der Waals surface area (Å²) in [6, 6.07) is 11.6. The normalized spacial score (nSPS) is 10.6. The number of hydrogen-bond acceptors (Lipinski definition) is 4. The van der Waals surface area contributed by atoms with Crippen LogP contribution in [0.5, 0.6) is 5.75 Å². The zero-order valence-electron chi connectivity index (χ0n) is 14.8. The number of nitrogens with zero attached hydrogens (tertiary/aromatic N) is 1. The molecule has 2 aromatic carbocycles. The smallest absolute Gasteiger partial charge is 0.278 e. The molecule has 0 fully saturated rings. The molecule has 3 aromatic rings. The van der Waals surface area contributed by atoms with E-state index >= 15 is 0 Å². The molecule has 0 bridgehead atoms. The Kier molecular flexibility index (Phi) is 5.02. The van der Waals surface area contributed by atoms with E-state index in [1.807, 2.05) is 32.0 Å². The van der Waals surface area contributed by atoms with E-state index in [9.17, 15) is 9.18 Å². The minimum Gasteiger partial charge on any atom is -0.488 e. The first-order chi connectivity index (χ1) is 12.4. The van der Waals surface area contributed by atoms with Crippen LogP contribution in [0.3, 0.4) is 0 Å². The molecule has 5 nitrogen and oxygen atoms in total. The van der Waals surface area contributed by atoms with Crippen LogP contribution in [0.1, 0.15) is 32.9 Å². The monoisotopic (exact) mass is 354 g/mol. The second-order valence-corrected chi connectivity index (χ2v) is 6.09. The molecule has 0 unspecified atom stereocenters. The fourth-order valence-electron chi connectivity index (χ4n) is 2.51. The largest absolute Gasteiger partial charge is 0.488 e. The van der Waals surface area contributed by atoms with Gasteiger partial charge in [0.25, 0.3) is 5.91 Å². The van der Waals surface area contributed by atoms with E-state index in [-0.39, 0.29) is 12.3 Å². The van der Waals surface area contributed by atoms with Crippen LogP contribution in [0.2, 0.25) is 0 Å². The third kappa shape index (κ3) is 3.91. The summed E-state index contributed by atoms with van der Waals surface area (Å²) in [6.45, 7) is 5.79. The van der Waals surface area contributed by atoms with Gasteiger partial charge in [-0.1, -0.05) is 23.4 Å². The van der Waals surface area contributed by atoms with Gasteiger partial charge in [-0.15, -0.1) is 0 Å². The summed E-state index contributed by atoms with van der Waals surface area (Å²) < 4.78 is 24.3. The van der Waals surface area contributed by atoms with Gasteiger partial charge in [0.1, 0.15) is 23.9 Å². The molecule has 1 amide bonds. The first kappa shape index (κ1) is 17.7. The predicted molar refractivity (Wildman–Crippen MR) is 95.8 cm³/mol. The number of aromatic nitrogens is 1. The maximum absolute atomic E-state index is 13.3. The highest BCUT2D eigenvalue weighted by atomic mass is 19.1. The molecule has 3 rings (SSSR count). The fourth-order valence-corrected chi connectivity index (χ4v) is 2.51. The summed E-state index contributed by atoms with van der Waals surface area (Å²) in [5, 5.41) is 6.44. The number of ether oxygens (including phenoxy) is 1. The van der Waals surface area contributed by atoms with Crippen molar-refractivity contribution in [1.29, 1.82) is 0 Å². The van der Waals surface area contributed by atoms with Gasteiger partial charge in [0, 0.05) is 5.69 Å². The van der Waals surface area contributed by atoms with Gasteiger partial charge in [-0.05, 0) is 56.2 Å². The van der Waals surface area contributed by atoms with Crippen molar-refractivity contribution < 1.29 is 18.4 Å². The fraction of sp³-hybridized carbons (Fsp3) is 0.200. The maximum atomic E-state index is 13.3. The third-order valence-electron chi connectivity index (χ3n) is 4.00. The molecule has 0 aliphatic rings. The third-order valence-corrected chi connectivity index (χ3v) is 4.00. The van der Waals surface area contributed by atoms with Crippen LogP contribution >= 0.6 is 0 Å². The van der Waals surface area contributed by atoms with E-state index in [4.69, 9.17) is 9.26 Å². The van der Waals surface area contributed by atoms with E-state index in [0.717, 1.165) is 16.9 Å². The highest BCUT2D eigenvalue weighted by molar-refractivity contribution is 6.03. The molecule has 0 atom stereocenters. The molecule has 26 heavy (non-hydrogen) atoms. The first-order valence-corrected chi connectivity index (χ1v) is 8.16. The Bertz CT molecular complexity index is 950. The van der Waals surface area contributed by atoms with Gasteiger partial charge in [0.05, 0.1) is 5.56 Å². The summed E-state index contributed by atoms with van der Waals surface area (Å²) in [4.78, 5) is 12.5. The summed E-state index contributed by atoms with van der Waals surface area (Å²) in [5.74, 6) is 0.325. The van der Waals surface area contributed by atoms with Gasteiger partial charge in [-0.2, -0.15) is 0 Å². The van der Waals surface area contributed by atoms with Crippen molar-refractivity contribution in [3.8, 4) is 5.75 Å². The number of benzene rings is 2. The summed E-state index contributed by atoms with van der Waals surface area (Å²) >= 11 is 0. The molecule has 1 heterocycles. The van der Waals surface area contributed by atoms with Gasteiger partial charge in [-0.3, -0.25) is 4.79 Å². The molecular formula is C20H19FN2O3. The Labute approximate surface area is 150 Å². The van der Waals surface area contributed by atoms with Gasteiger partial charge < -0.3 is 14.6 Å². The Morgan fingerprint density at radius 3 is 2.77 bits per heavy atom. The molecule has 1 aromatic heterocycles. The summed E-state index contributed by atoms with van der Waals surface area (Å²) in [6.07, 6.45) is 0. The molecule has 0 spiro atoms. The van der Waals surface area contributed by atoms with Crippen LogP contribution < -0.4 is 10.1 Å². The molecular weight excluding hydrogens is 335 g/mol. The van der Waals surface area contributed by atoms with Gasteiger partial charge in [-0.25, -0.2) is 4.39 Å². The van der Waals surface area contributed by atoms with Crippen molar-refractivity contribution in [3.63, 3.8) is 0 Å². The van der Waals surface area contributed by atoms with E-state index in [0.29, 0.717) is 17.0 Å². The predicted octanol–water partition coefficient (Wildman–Crippen LogP) is 4.57. The highest BCUT2D eigenvalue weighted by Gasteiger charge is 2.21. The van der Waals surface area contributed by atoms with Crippen molar-refractivity contribution in [2.45, 2.75) is 27.4 Å². The van der Waals surface area contributed by atoms with Crippen LogP contribution in [-0.2, 0) is 6.61 Å². The number of nitrogens with one attached hydrogen (secondary N) is 1. The van der Waals surface area contributed by atoms with Crippen LogP contribution in [-0.4, -0.2) is 11.1 Å². The Hall–Kier alpha value is -3.15. The van der Waals surface area contributed by atoms with E-state index < -0.39 is 11.7 Å². The van der Waals surface area contributed by atoms with Gasteiger partial charge >= 0.3 is 0 Å². The molecule has 134 valence electrons. The topological polar surface area (TPSA) is 64.4 Å². The Balaban J connectivity index is 1.78. The number of rotatable bonds is 5. The standard InChI is InChI=1S/C20H19FN2O3/c1-12-7-8-13(2)18(9-12)25-11-17-14(3)26-23-19(17)20(24)22-16-6-4-5-15(21)10-16/h4-10H,11H2,1-3H3,(H,22,24). The SMILES string of the molecule is Cc1ccc(C)c(OCc2c(C(=O)Nc3cccc(F)c3)noc2C)c1. The lowest BCUT2D eigenvalue weighted by atomic mass is 10.1. The second kappa shape index (κ2) is 7.39. The zero-order chi connectivity index (χ0) is 18.7. The van der Waals surface area contributed by atoms with Crippen LogP contribution in [0.4, 0.5) is 10.1 Å². The summed E-state index contributed by atoms with van der Waals surface area (Å²) in [7, 11) is 0. The quantitative estimate of drug-likeness (QED) is 0.729. The van der Waals surface area contributed by atoms with Crippen LogP contribution in [0.15, 0.2) is 47.0 Å². The average Bonchev–Trinajstić information content (AvgIpc) is 2.96. The minimum atomic E-state index is -0.480. The number of halogens is 1. The number of aryl methyl sites for hydroxylation is 3. The lowest BCUT2D eigenvalue weighted by molar-refractivity contribution is 0.101. The van der Waals surface area contributed by atoms with Crippen LogP contribution in [0, 0.1) is 26.6 Å². The molecule has 1 N–H and O–H groups in total. The van der Waals surface area contributed by atoms with Gasteiger partial charge in [0.2, 0.25) is 0 Å². The number of carbonyl (C=O) groups is 1. The molecule has 0 aliphatic carbocycles. The zero-order valence-corrected chi connectivity index (χ0v) is 14.8. The first-order valence-electron chi connectivity index (χ1n) is 8.16. The Morgan fingerprint density at radius 2 is 2.00 bits per heavy atom. The molecule has 6 heteroatoms. The van der Waals surface area contributed by atoms with Crippen LogP contribution in [0.25, 0.3) is 0 Å². The maximum Gasteiger partial charge on any atom is 0.278 e. The lowest BCUT2D eigenvalue weighted by Crippen LogP contribution is -2.15. The number of anilines is 1. The lowest BCUT2D eigenvalue weighted by Gasteiger charge is -2.10. The molecule has 0 saturated heterocycles. The Morgan fingerprint density at radius 1 is 1.19 bits per heavy atom. The molecule has 0 aliphatic heterocycles. The number of hydrogen-bond donors (Lipinski definition) is 1. The van der Waals surface area contributed by atoms with Crippen molar-refractivity contribution >= 4 is 11.6 Å². The van der Waals surface area contributed by atoms with E-state index in [2.05, 4.69) is 10.5 Å². The van der Waals surface area contributed by atoms with Crippen molar-refractivity contribution in [2.75, 3.05) is 5.32 Å². The number of carbonyl (C=O) groups excluding carboxylic acids is 1. The van der Waals surface area contributed by atoms with Gasteiger partial charge in [0.15, 0.2) is 5.69 Å². The van der Waals surface area contributed by atoms with E-state index in [1.165, 1.54) is 18.2 Å². The van der Waals surface area contributed by atoms with Crippen molar-refractivity contribution in [1.82, 2.24) is 5.16 Å². The molecule has 0 saturated carbocycles.